The van der Waals surface area contributed by atoms with E-state index < -0.39 is 11.7 Å². The number of hydrogen-bond donors (Lipinski definition) is 1. The van der Waals surface area contributed by atoms with Crippen LogP contribution in [0.4, 0.5) is 19.0 Å². The molecule has 0 aromatic carbocycles. The molecular formula is C11H13F3N2O. The van der Waals surface area contributed by atoms with Gasteiger partial charge in [-0.25, -0.2) is 4.98 Å². The molecule has 1 aromatic heterocycles. The molecule has 0 saturated carbocycles. The van der Waals surface area contributed by atoms with Crippen molar-refractivity contribution in [3.05, 3.63) is 23.9 Å². The normalized spacial score (nSPS) is 20.5. The van der Waals surface area contributed by atoms with E-state index in [-0.39, 0.29) is 11.9 Å². The molecule has 0 bridgehead atoms. The molecule has 0 spiro atoms. The minimum Gasteiger partial charge on any atom is -0.376 e. The summed E-state index contributed by atoms with van der Waals surface area (Å²) in [5.41, 5.74) is -0.692. The van der Waals surface area contributed by atoms with Gasteiger partial charge in [0.15, 0.2) is 0 Å². The second-order valence-corrected chi connectivity index (χ2v) is 3.94. The van der Waals surface area contributed by atoms with Crippen LogP contribution in [0.15, 0.2) is 18.3 Å². The zero-order chi connectivity index (χ0) is 12.3. The molecule has 0 amide bonds. The van der Waals surface area contributed by atoms with Gasteiger partial charge in [-0.3, -0.25) is 0 Å². The van der Waals surface area contributed by atoms with E-state index in [1.54, 1.807) is 0 Å². The Morgan fingerprint density at radius 2 is 2.29 bits per heavy atom. The van der Waals surface area contributed by atoms with Gasteiger partial charge in [0.05, 0.1) is 11.7 Å². The summed E-state index contributed by atoms with van der Waals surface area (Å²) in [5.74, 6) is 0.232. The van der Waals surface area contributed by atoms with Crippen LogP contribution < -0.4 is 5.32 Å². The van der Waals surface area contributed by atoms with Crippen LogP contribution >= 0.6 is 0 Å². The third-order valence-corrected chi connectivity index (χ3v) is 2.62. The van der Waals surface area contributed by atoms with Crippen molar-refractivity contribution in [1.82, 2.24) is 4.98 Å². The topological polar surface area (TPSA) is 34.2 Å². The summed E-state index contributed by atoms with van der Waals surface area (Å²) in [6, 6.07) is 1.96. The summed E-state index contributed by atoms with van der Waals surface area (Å²) in [6.07, 6.45) is -1.16. The van der Waals surface area contributed by atoms with E-state index in [0.29, 0.717) is 6.54 Å². The summed E-state index contributed by atoms with van der Waals surface area (Å²) in [7, 11) is 0. The molecule has 0 aliphatic carbocycles. The predicted molar refractivity (Wildman–Crippen MR) is 56.7 cm³/mol. The third-order valence-electron chi connectivity index (χ3n) is 2.62. The smallest absolute Gasteiger partial charge is 0.376 e. The molecule has 1 aromatic rings. The van der Waals surface area contributed by atoms with Crippen molar-refractivity contribution < 1.29 is 17.9 Å². The van der Waals surface area contributed by atoms with Gasteiger partial charge in [-0.1, -0.05) is 0 Å². The number of hydrogen-bond acceptors (Lipinski definition) is 3. The van der Waals surface area contributed by atoms with E-state index >= 15 is 0 Å². The van der Waals surface area contributed by atoms with E-state index in [4.69, 9.17) is 4.74 Å². The second kappa shape index (κ2) is 4.91. The third kappa shape index (κ3) is 3.33. The summed E-state index contributed by atoms with van der Waals surface area (Å²) in [6.45, 7) is 1.22. The lowest BCUT2D eigenvalue weighted by Crippen LogP contribution is -2.19. The largest absolute Gasteiger partial charge is 0.416 e. The zero-order valence-corrected chi connectivity index (χ0v) is 9.13. The summed E-state index contributed by atoms with van der Waals surface area (Å²) in [5, 5.41) is 2.86. The summed E-state index contributed by atoms with van der Waals surface area (Å²) >= 11 is 0. The maximum atomic E-state index is 12.4. The number of ether oxygens (including phenoxy) is 1. The number of halogens is 3. The fraction of sp³-hybridized carbons (Fsp3) is 0.545. The second-order valence-electron chi connectivity index (χ2n) is 3.94. The Morgan fingerprint density at radius 1 is 1.47 bits per heavy atom. The lowest BCUT2D eigenvalue weighted by molar-refractivity contribution is -0.137. The van der Waals surface area contributed by atoms with Crippen LogP contribution in [0.3, 0.4) is 0 Å². The molecule has 6 heteroatoms. The van der Waals surface area contributed by atoms with Gasteiger partial charge in [0.25, 0.3) is 0 Å². The van der Waals surface area contributed by atoms with Crippen molar-refractivity contribution in [2.45, 2.75) is 25.1 Å². The number of rotatable bonds is 3. The van der Waals surface area contributed by atoms with Crippen molar-refractivity contribution in [2.75, 3.05) is 18.5 Å². The Kier molecular flexibility index (Phi) is 3.51. The van der Waals surface area contributed by atoms with Crippen LogP contribution in [0.1, 0.15) is 18.4 Å². The standard InChI is InChI=1S/C11H13F3N2O/c12-11(13,14)8-3-4-15-10(6-8)16-7-9-2-1-5-17-9/h3-4,6,9H,1-2,5,7H2,(H,15,16). The van der Waals surface area contributed by atoms with Gasteiger partial charge in [0.1, 0.15) is 5.82 Å². The van der Waals surface area contributed by atoms with Gasteiger partial charge < -0.3 is 10.1 Å². The summed E-state index contributed by atoms with van der Waals surface area (Å²) in [4.78, 5) is 3.85. The number of pyridine rings is 1. The molecule has 0 radical (unpaired) electrons. The molecule has 1 saturated heterocycles. The van der Waals surface area contributed by atoms with Crippen molar-refractivity contribution in [2.24, 2.45) is 0 Å². The molecule has 17 heavy (non-hydrogen) atoms. The van der Waals surface area contributed by atoms with Gasteiger partial charge in [-0.05, 0) is 25.0 Å². The highest BCUT2D eigenvalue weighted by atomic mass is 19.4. The van der Waals surface area contributed by atoms with Crippen molar-refractivity contribution in [3.8, 4) is 0 Å². The molecule has 94 valence electrons. The highest BCUT2D eigenvalue weighted by molar-refractivity contribution is 5.38. The number of aromatic nitrogens is 1. The van der Waals surface area contributed by atoms with Crippen LogP contribution in [-0.4, -0.2) is 24.2 Å². The van der Waals surface area contributed by atoms with Gasteiger partial charge in [-0.15, -0.1) is 0 Å². The molecule has 1 fully saturated rings. The average Bonchev–Trinajstić information content (AvgIpc) is 2.78. The monoisotopic (exact) mass is 246 g/mol. The van der Waals surface area contributed by atoms with Crippen molar-refractivity contribution >= 4 is 5.82 Å². The van der Waals surface area contributed by atoms with Crippen LogP contribution in [0.25, 0.3) is 0 Å². The van der Waals surface area contributed by atoms with Gasteiger partial charge in [0, 0.05) is 19.3 Å². The first-order valence-corrected chi connectivity index (χ1v) is 5.44. The average molecular weight is 246 g/mol. The number of anilines is 1. The number of alkyl halides is 3. The van der Waals surface area contributed by atoms with E-state index in [9.17, 15) is 13.2 Å². The molecule has 1 aliphatic rings. The number of nitrogens with zero attached hydrogens (tertiary/aromatic N) is 1. The Balaban J connectivity index is 1.96. The SMILES string of the molecule is FC(F)(F)c1ccnc(NCC2CCCO2)c1. The van der Waals surface area contributed by atoms with E-state index in [2.05, 4.69) is 10.3 Å². The lowest BCUT2D eigenvalue weighted by atomic mass is 10.2. The maximum Gasteiger partial charge on any atom is 0.416 e. The Hall–Kier alpha value is -1.30. The summed E-state index contributed by atoms with van der Waals surface area (Å²) < 4.78 is 42.6. The molecule has 3 nitrogen and oxygen atoms in total. The van der Waals surface area contributed by atoms with Crippen LogP contribution in [0.5, 0.6) is 0 Å². The van der Waals surface area contributed by atoms with Crippen molar-refractivity contribution in [3.63, 3.8) is 0 Å². The van der Waals surface area contributed by atoms with E-state index in [0.717, 1.165) is 37.8 Å². The molecule has 2 rings (SSSR count). The fourth-order valence-electron chi connectivity index (χ4n) is 1.73. The minimum atomic E-state index is -4.33. The molecule has 1 atom stereocenters. The molecular weight excluding hydrogens is 233 g/mol. The van der Waals surface area contributed by atoms with Gasteiger partial charge in [-0.2, -0.15) is 13.2 Å². The van der Waals surface area contributed by atoms with E-state index in [1.807, 2.05) is 0 Å². The van der Waals surface area contributed by atoms with Crippen LogP contribution in [0.2, 0.25) is 0 Å². The minimum absolute atomic E-state index is 0.0753. The van der Waals surface area contributed by atoms with Crippen LogP contribution in [-0.2, 0) is 10.9 Å². The quantitative estimate of drug-likeness (QED) is 0.890. The zero-order valence-electron chi connectivity index (χ0n) is 9.13. The number of nitrogens with one attached hydrogen (secondary N) is 1. The van der Waals surface area contributed by atoms with E-state index in [1.165, 1.54) is 0 Å². The lowest BCUT2D eigenvalue weighted by Gasteiger charge is -2.12. The van der Waals surface area contributed by atoms with Gasteiger partial charge >= 0.3 is 6.18 Å². The molecule has 1 unspecified atom stereocenters. The maximum absolute atomic E-state index is 12.4. The first kappa shape index (κ1) is 12.2. The van der Waals surface area contributed by atoms with Crippen molar-refractivity contribution in [1.29, 1.82) is 0 Å². The Bertz CT molecular complexity index is 375. The van der Waals surface area contributed by atoms with Gasteiger partial charge in [0.2, 0.25) is 0 Å². The first-order valence-electron chi connectivity index (χ1n) is 5.44. The highest BCUT2D eigenvalue weighted by Crippen LogP contribution is 2.29. The molecule has 2 heterocycles. The molecule has 1 aliphatic heterocycles. The highest BCUT2D eigenvalue weighted by Gasteiger charge is 2.30. The first-order chi connectivity index (χ1) is 8.05. The fourth-order valence-corrected chi connectivity index (χ4v) is 1.73. The Labute approximate surface area is 97.0 Å². The predicted octanol–water partition coefficient (Wildman–Crippen LogP) is 2.69. The van der Waals surface area contributed by atoms with Crippen LogP contribution in [0, 0.1) is 0 Å². The Morgan fingerprint density at radius 3 is 2.94 bits per heavy atom. The molecule has 1 N–H and O–H groups in total.